The molecule has 1 atom stereocenters. The van der Waals surface area contributed by atoms with Crippen molar-refractivity contribution in [3.63, 3.8) is 0 Å². The van der Waals surface area contributed by atoms with Crippen LogP contribution in [-0.4, -0.2) is 23.8 Å². The van der Waals surface area contributed by atoms with Gasteiger partial charge < -0.3 is 5.11 Å². The smallest absolute Gasteiger partial charge is 0.380 e. The highest BCUT2D eigenvalue weighted by Crippen LogP contribution is 2.39. The molecule has 106 valence electrons. The third kappa shape index (κ3) is 2.41. The van der Waals surface area contributed by atoms with E-state index in [0.29, 0.717) is 0 Å². The highest BCUT2D eigenvalue weighted by atomic mass is 32.2. The Labute approximate surface area is 114 Å². The van der Waals surface area contributed by atoms with Crippen molar-refractivity contribution < 1.29 is 22.3 Å². The zero-order valence-corrected chi connectivity index (χ0v) is 11.0. The number of sulfone groups is 1. The van der Waals surface area contributed by atoms with E-state index in [-0.39, 0.29) is 5.56 Å². The van der Waals surface area contributed by atoms with E-state index in [1.165, 1.54) is 36.4 Å². The first kappa shape index (κ1) is 14.5. The first-order valence-corrected chi connectivity index (χ1v) is 7.12. The summed E-state index contributed by atoms with van der Waals surface area (Å²) < 4.78 is 52.0. The van der Waals surface area contributed by atoms with E-state index in [0.717, 1.165) is 12.3 Å². The Morgan fingerprint density at radius 2 is 1.65 bits per heavy atom. The predicted molar refractivity (Wildman–Crippen MR) is 67.8 cm³/mol. The number of pyridine rings is 1. The Kier molecular flexibility index (Phi) is 3.82. The molecule has 0 amide bonds. The molecule has 4 nitrogen and oxygen atoms in total. The highest BCUT2D eigenvalue weighted by Gasteiger charge is 2.53. The van der Waals surface area contributed by atoms with Crippen LogP contribution < -0.4 is 0 Å². The molecule has 1 heterocycles. The monoisotopic (exact) mass is 299 g/mol. The van der Waals surface area contributed by atoms with E-state index in [1.54, 1.807) is 6.07 Å². The maximum absolute atomic E-state index is 14.1. The van der Waals surface area contributed by atoms with E-state index >= 15 is 0 Å². The summed E-state index contributed by atoms with van der Waals surface area (Å²) in [6, 6.07) is 10.5. The Balaban J connectivity index is 2.45. The zero-order valence-electron chi connectivity index (χ0n) is 10.1. The van der Waals surface area contributed by atoms with Crippen molar-refractivity contribution in [1.82, 2.24) is 4.98 Å². The van der Waals surface area contributed by atoms with Crippen LogP contribution in [0.5, 0.6) is 0 Å². The number of aromatic nitrogens is 1. The Hall–Kier alpha value is -1.86. The predicted octanol–water partition coefficient (Wildman–Crippen LogP) is 2.18. The molecule has 0 aliphatic rings. The van der Waals surface area contributed by atoms with Crippen LogP contribution in [0.15, 0.2) is 59.8 Å². The van der Waals surface area contributed by atoms with Gasteiger partial charge in [-0.05, 0) is 17.7 Å². The number of alkyl halides is 2. The number of aliphatic hydroxyl groups excluding tert-OH is 1. The molecule has 0 aliphatic carbocycles. The van der Waals surface area contributed by atoms with E-state index in [9.17, 15) is 22.3 Å². The lowest BCUT2D eigenvalue weighted by Crippen LogP contribution is -2.36. The summed E-state index contributed by atoms with van der Waals surface area (Å²) in [5.41, 5.74) is -0.183. The molecule has 2 rings (SSSR count). The second kappa shape index (κ2) is 5.26. The molecule has 1 N–H and O–H groups in total. The van der Waals surface area contributed by atoms with Crippen molar-refractivity contribution in [2.24, 2.45) is 0 Å². The minimum Gasteiger partial charge on any atom is -0.381 e. The number of hydrogen-bond acceptors (Lipinski definition) is 4. The first-order valence-electron chi connectivity index (χ1n) is 5.64. The van der Waals surface area contributed by atoms with Crippen LogP contribution in [0.2, 0.25) is 0 Å². The molecule has 20 heavy (non-hydrogen) atoms. The molecule has 2 aromatic rings. The van der Waals surface area contributed by atoms with Crippen molar-refractivity contribution in [3.8, 4) is 0 Å². The highest BCUT2D eigenvalue weighted by molar-refractivity contribution is 7.92. The van der Waals surface area contributed by atoms with Crippen molar-refractivity contribution in [2.75, 3.05) is 0 Å². The fraction of sp³-hybridized carbons (Fsp3) is 0.154. The van der Waals surface area contributed by atoms with Gasteiger partial charge in [0.2, 0.25) is 0 Å². The van der Waals surface area contributed by atoms with Crippen LogP contribution in [0.4, 0.5) is 8.78 Å². The summed E-state index contributed by atoms with van der Waals surface area (Å²) in [5, 5.41) is 4.54. The standard InChI is InChI=1S/C13H11F2NO3S/c14-13(15,12(17)10-6-2-1-3-7-10)20(18,19)11-8-4-5-9-16-11/h1-9,12,17H. The van der Waals surface area contributed by atoms with E-state index < -0.39 is 26.2 Å². The van der Waals surface area contributed by atoms with E-state index in [4.69, 9.17) is 0 Å². The van der Waals surface area contributed by atoms with Crippen molar-refractivity contribution >= 4 is 9.84 Å². The molecule has 1 aromatic heterocycles. The van der Waals surface area contributed by atoms with Crippen LogP contribution in [0, 0.1) is 0 Å². The Morgan fingerprint density at radius 3 is 2.20 bits per heavy atom. The number of aliphatic hydroxyl groups is 1. The first-order chi connectivity index (χ1) is 9.37. The van der Waals surface area contributed by atoms with Gasteiger partial charge in [-0.1, -0.05) is 36.4 Å². The molecule has 7 heteroatoms. The van der Waals surface area contributed by atoms with Gasteiger partial charge in [-0.25, -0.2) is 13.4 Å². The summed E-state index contributed by atoms with van der Waals surface area (Å²) in [6.45, 7) is 0. The van der Waals surface area contributed by atoms with Crippen molar-refractivity contribution in [1.29, 1.82) is 0 Å². The van der Waals surface area contributed by atoms with Crippen molar-refractivity contribution in [3.05, 3.63) is 60.3 Å². The maximum Gasteiger partial charge on any atom is 0.380 e. The van der Waals surface area contributed by atoms with Crippen molar-refractivity contribution in [2.45, 2.75) is 16.4 Å². The fourth-order valence-corrected chi connectivity index (χ4v) is 2.79. The maximum atomic E-state index is 14.1. The Bertz CT molecular complexity index is 675. The third-order valence-electron chi connectivity index (χ3n) is 2.71. The number of halogens is 2. The average Bonchev–Trinajstić information content (AvgIpc) is 2.48. The van der Waals surface area contributed by atoms with E-state index in [1.807, 2.05) is 0 Å². The molecule has 0 radical (unpaired) electrons. The van der Waals surface area contributed by atoms with Gasteiger partial charge >= 0.3 is 5.25 Å². The van der Waals surface area contributed by atoms with Gasteiger partial charge in [-0.3, -0.25) is 0 Å². The normalized spacial score (nSPS) is 13.9. The summed E-state index contributed by atoms with van der Waals surface area (Å²) in [4.78, 5) is 3.41. The molecule has 0 aliphatic heterocycles. The van der Waals surface area contributed by atoms with Gasteiger partial charge in [0.25, 0.3) is 9.84 Å². The number of rotatable bonds is 4. The van der Waals surface area contributed by atoms with Crippen LogP contribution in [-0.2, 0) is 9.84 Å². The lowest BCUT2D eigenvalue weighted by Gasteiger charge is -2.22. The molecule has 1 unspecified atom stereocenters. The van der Waals surface area contributed by atoms with Gasteiger partial charge in [-0.15, -0.1) is 0 Å². The lowest BCUT2D eigenvalue weighted by atomic mass is 10.1. The summed E-state index contributed by atoms with van der Waals surface area (Å²) in [6.07, 6.45) is -1.37. The van der Waals surface area contributed by atoms with Gasteiger partial charge in [0.15, 0.2) is 11.1 Å². The number of benzene rings is 1. The minimum atomic E-state index is -5.08. The van der Waals surface area contributed by atoms with Gasteiger partial charge in [0, 0.05) is 6.20 Å². The zero-order chi connectivity index (χ0) is 14.8. The van der Waals surface area contributed by atoms with Gasteiger partial charge in [0.05, 0.1) is 0 Å². The summed E-state index contributed by atoms with van der Waals surface area (Å²) in [7, 11) is -5.08. The molecule has 0 bridgehead atoms. The molecule has 0 spiro atoms. The van der Waals surface area contributed by atoms with Crippen LogP contribution in [0.3, 0.4) is 0 Å². The molecule has 1 aromatic carbocycles. The second-order valence-corrected chi connectivity index (χ2v) is 6.02. The Morgan fingerprint density at radius 1 is 1.05 bits per heavy atom. The minimum absolute atomic E-state index is 0.183. The second-order valence-electron chi connectivity index (χ2n) is 4.05. The molecule has 0 saturated carbocycles. The number of hydrogen-bond donors (Lipinski definition) is 1. The van der Waals surface area contributed by atoms with E-state index in [2.05, 4.69) is 4.98 Å². The van der Waals surface area contributed by atoms with Crippen LogP contribution >= 0.6 is 0 Å². The summed E-state index contributed by atoms with van der Waals surface area (Å²) in [5.74, 6) is 0. The molecule has 0 saturated heterocycles. The topological polar surface area (TPSA) is 67.3 Å². The SMILES string of the molecule is O=S(=O)(c1ccccn1)C(F)(F)C(O)c1ccccc1. The van der Waals surface area contributed by atoms with Crippen LogP contribution in [0.25, 0.3) is 0 Å². The van der Waals surface area contributed by atoms with Gasteiger partial charge in [-0.2, -0.15) is 8.78 Å². The quantitative estimate of drug-likeness (QED) is 0.939. The van der Waals surface area contributed by atoms with Crippen LogP contribution in [0.1, 0.15) is 11.7 Å². The average molecular weight is 299 g/mol. The lowest BCUT2D eigenvalue weighted by molar-refractivity contribution is -0.0436. The molecular weight excluding hydrogens is 288 g/mol. The third-order valence-corrected chi connectivity index (χ3v) is 4.44. The number of nitrogens with zero attached hydrogens (tertiary/aromatic N) is 1. The largest absolute Gasteiger partial charge is 0.381 e. The fourth-order valence-electron chi connectivity index (χ4n) is 1.62. The molecular formula is C13H11F2NO3S. The molecule has 0 fully saturated rings. The van der Waals surface area contributed by atoms with Gasteiger partial charge in [0.1, 0.15) is 0 Å². The summed E-state index contributed by atoms with van der Waals surface area (Å²) >= 11 is 0.